The van der Waals surface area contributed by atoms with Crippen LogP contribution in [-0.4, -0.2) is 0 Å². The highest BCUT2D eigenvalue weighted by molar-refractivity contribution is 5.17. The molecule has 0 saturated heterocycles. The Bertz CT molecular complexity index is 553. The van der Waals surface area contributed by atoms with Crippen LogP contribution in [0.1, 0.15) is 120 Å². The Hall–Kier alpha value is -0.260. The molecule has 0 aromatic carbocycles. The topological polar surface area (TPSA) is 0 Å². The van der Waals surface area contributed by atoms with E-state index in [1.807, 2.05) is 0 Å². The summed E-state index contributed by atoms with van der Waals surface area (Å²) in [5, 5.41) is 0. The lowest BCUT2D eigenvalue weighted by Crippen LogP contribution is -2.56. The summed E-state index contributed by atoms with van der Waals surface area (Å²) in [6.07, 6.45) is 16.9. The highest BCUT2D eigenvalue weighted by Crippen LogP contribution is 2.65. The predicted molar refractivity (Wildman–Crippen MR) is 124 cm³/mol. The van der Waals surface area contributed by atoms with Gasteiger partial charge in [-0.25, -0.2) is 0 Å². The summed E-state index contributed by atoms with van der Waals surface area (Å²) in [6.45, 7) is 19.6. The molecule has 162 valence electrons. The molecular weight excluding hydrogens is 336 g/mol. The number of hydrogen-bond donors (Lipinski definition) is 0. The van der Waals surface area contributed by atoms with E-state index in [-0.39, 0.29) is 0 Å². The van der Waals surface area contributed by atoms with Crippen molar-refractivity contribution in [2.75, 3.05) is 0 Å². The van der Waals surface area contributed by atoms with Crippen molar-refractivity contribution in [1.29, 1.82) is 0 Å². The average molecular weight is 387 g/mol. The second kappa shape index (κ2) is 8.11. The van der Waals surface area contributed by atoms with Crippen LogP contribution in [0.5, 0.6) is 0 Å². The van der Waals surface area contributed by atoms with Gasteiger partial charge in [-0.1, -0.05) is 79.9 Å². The fourth-order valence-electron chi connectivity index (χ4n) is 6.79. The Morgan fingerprint density at radius 1 is 0.893 bits per heavy atom. The fraction of sp³-hybridized carbons (Fsp3) is 0.929. The lowest BCUT2D eigenvalue weighted by atomic mass is 9.42. The summed E-state index contributed by atoms with van der Waals surface area (Å²) < 4.78 is 0. The maximum absolute atomic E-state index is 2.67. The van der Waals surface area contributed by atoms with Crippen molar-refractivity contribution in [1.82, 2.24) is 0 Å². The molecule has 0 bridgehead atoms. The molecule has 0 heterocycles. The van der Waals surface area contributed by atoms with Crippen LogP contribution in [0.2, 0.25) is 0 Å². The van der Waals surface area contributed by atoms with Gasteiger partial charge in [0.05, 0.1) is 0 Å². The molecule has 0 spiro atoms. The number of rotatable bonds is 9. The number of allylic oxidation sites excluding steroid dienone is 2. The molecule has 2 fully saturated rings. The molecule has 0 aliphatic heterocycles. The van der Waals surface area contributed by atoms with Gasteiger partial charge in [0, 0.05) is 0 Å². The van der Waals surface area contributed by atoms with Crippen LogP contribution in [0, 0.1) is 45.8 Å². The van der Waals surface area contributed by atoms with Gasteiger partial charge in [0.2, 0.25) is 0 Å². The monoisotopic (exact) mass is 386 g/mol. The van der Waals surface area contributed by atoms with Crippen molar-refractivity contribution in [3.05, 3.63) is 11.6 Å². The Kier molecular flexibility index (Phi) is 6.50. The minimum Gasteiger partial charge on any atom is -0.0850 e. The predicted octanol–water partition coefficient (Wildman–Crippen LogP) is 9.05. The van der Waals surface area contributed by atoms with E-state index in [1.54, 1.807) is 18.4 Å². The van der Waals surface area contributed by atoms with Crippen LogP contribution in [-0.2, 0) is 0 Å². The first kappa shape index (κ1) is 22.4. The molecule has 0 amide bonds. The molecule has 3 aliphatic carbocycles. The minimum absolute atomic E-state index is 0.466. The van der Waals surface area contributed by atoms with Gasteiger partial charge >= 0.3 is 0 Å². The van der Waals surface area contributed by atoms with Crippen LogP contribution in [0.4, 0.5) is 0 Å². The largest absolute Gasteiger partial charge is 0.0850 e. The van der Waals surface area contributed by atoms with Gasteiger partial charge in [-0.05, 0) is 97.2 Å². The summed E-state index contributed by atoms with van der Waals surface area (Å²) in [5.41, 5.74) is 3.33. The SMILES string of the molecule is CCC(C)(CC)CC1C2CCC2C1C1CC=C(CC(C)(C)CCC(C)(C)C)C1. The minimum atomic E-state index is 0.466. The summed E-state index contributed by atoms with van der Waals surface area (Å²) >= 11 is 0. The van der Waals surface area contributed by atoms with Crippen molar-refractivity contribution in [3.8, 4) is 0 Å². The lowest BCUT2D eigenvalue weighted by molar-refractivity contribution is -0.144. The van der Waals surface area contributed by atoms with E-state index in [1.165, 1.54) is 51.4 Å². The molecule has 0 aromatic heterocycles. The first-order chi connectivity index (χ1) is 13.0. The molecular formula is C28H50. The quantitative estimate of drug-likeness (QED) is 0.347. The molecule has 3 aliphatic rings. The standard InChI is InChI=1S/C28H50/c1-9-28(8,10-2)19-24-22-13-14-23(22)25(24)21-12-11-20(17-21)18-27(6,7)16-15-26(3,4)5/h11,21-25H,9-10,12-19H2,1-8H3. The van der Waals surface area contributed by atoms with Gasteiger partial charge in [0.15, 0.2) is 0 Å². The van der Waals surface area contributed by atoms with E-state index in [2.05, 4.69) is 61.5 Å². The fourth-order valence-corrected chi connectivity index (χ4v) is 6.79. The van der Waals surface area contributed by atoms with Crippen LogP contribution in [0.15, 0.2) is 11.6 Å². The zero-order valence-electron chi connectivity index (χ0n) is 20.5. The van der Waals surface area contributed by atoms with Crippen LogP contribution in [0.3, 0.4) is 0 Å². The smallest absolute Gasteiger partial charge is 0.0269 e. The van der Waals surface area contributed by atoms with Gasteiger partial charge in [-0.15, -0.1) is 0 Å². The first-order valence-electron chi connectivity index (χ1n) is 12.6. The second-order valence-corrected chi connectivity index (χ2v) is 13.3. The number of hydrogen-bond acceptors (Lipinski definition) is 0. The van der Waals surface area contributed by atoms with E-state index in [4.69, 9.17) is 0 Å². The Morgan fingerprint density at radius 2 is 1.54 bits per heavy atom. The third kappa shape index (κ3) is 4.89. The average Bonchev–Trinajstić information content (AvgIpc) is 3.02. The summed E-state index contributed by atoms with van der Waals surface area (Å²) in [6, 6.07) is 0. The van der Waals surface area contributed by atoms with E-state index in [9.17, 15) is 0 Å². The second-order valence-electron chi connectivity index (χ2n) is 13.3. The van der Waals surface area contributed by atoms with Crippen molar-refractivity contribution >= 4 is 0 Å². The van der Waals surface area contributed by atoms with E-state index in [0.717, 1.165) is 29.6 Å². The molecule has 0 N–H and O–H groups in total. The van der Waals surface area contributed by atoms with Gasteiger partial charge < -0.3 is 0 Å². The summed E-state index contributed by atoms with van der Waals surface area (Å²) in [7, 11) is 0. The molecule has 3 rings (SSSR count). The van der Waals surface area contributed by atoms with Crippen molar-refractivity contribution in [2.24, 2.45) is 45.8 Å². The Morgan fingerprint density at radius 3 is 2.07 bits per heavy atom. The molecule has 5 atom stereocenters. The van der Waals surface area contributed by atoms with E-state index < -0.39 is 0 Å². The van der Waals surface area contributed by atoms with Gasteiger partial charge in [0.25, 0.3) is 0 Å². The highest BCUT2D eigenvalue weighted by atomic mass is 14.6. The van der Waals surface area contributed by atoms with Gasteiger partial charge in [-0.2, -0.15) is 0 Å². The van der Waals surface area contributed by atoms with Crippen molar-refractivity contribution in [2.45, 2.75) is 120 Å². The van der Waals surface area contributed by atoms with Crippen LogP contribution in [0.25, 0.3) is 0 Å². The third-order valence-electron chi connectivity index (χ3n) is 9.39. The number of fused-ring (bicyclic) bond motifs is 1. The van der Waals surface area contributed by atoms with Crippen molar-refractivity contribution < 1.29 is 0 Å². The van der Waals surface area contributed by atoms with E-state index >= 15 is 0 Å². The lowest BCUT2D eigenvalue weighted by Gasteiger charge is -2.63. The molecule has 0 radical (unpaired) electrons. The molecule has 0 nitrogen and oxygen atoms in total. The summed E-state index contributed by atoms with van der Waals surface area (Å²) in [5.74, 6) is 5.31. The van der Waals surface area contributed by atoms with Crippen LogP contribution >= 0.6 is 0 Å². The van der Waals surface area contributed by atoms with Crippen molar-refractivity contribution in [3.63, 3.8) is 0 Å². The molecule has 0 heteroatoms. The zero-order chi connectivity index (χ0) is 20.7. The summed E-state index contributed by atoms with van der Waals surface area (Å²) in [4.78, 5) is 0. The highest BCUT2D eigenvalue weighted by Gasteiger charge is 2.58. The first-order valence-corrected chi connectivity index (χ1v) is 12.6. The normalized spacial score (nSPS) is 33.1. The molecule has 5 unspecified atom stereocenters. The third-order valence-corrected chi connectivity index (χ3v) is 9.39. The van der Waals surface area contributed by atoms with E-state index in [0.29, 0.717) is 16.2 Å². The molecule has 28 heavy (non-hydrogen) atoms. The molecule has 0 aromatic rings. The Balaban J connectivity index is 1.55. The molecule has 2 saturated carbocycles. The maximum Gasteiger partial charge on any atom is -0.0269 e. The maximum atomic E-state index is 2.67. The van der Waals surface area contributed by atoms with Gasteiger partial charge in [-0.3, -0.25) is 0 Å². The van der Waals surface area contributed by atoms with Gasteiger partial charge in [0.1, 0.15) is 0 Å². The van der Waals surface area contributed by atoms with Crippen LogP contribution < -0.4 is 0 Å². The Labute approximate surface area is 177 Å². The zero-order valence-corrected chi connectivity index (χ0v) is 20.5.